The number of ether oxygens (including phenoxy) is 1. The molecule has 1 N–H and O–H groups in total. The summed E-state index contributed by atoms with van der Waals surface area (Å²) in [7, 11) is 1.06. The monoisotopic (exact) mass is 419 g/mol. The van der Waals surface area contributed by atoms with Crippen LogP contribution in [0.15, 0.2) is 48.5 Å². The predicted molar refractivity (Wildman–Crippen MR) is 89.9 cm³/mol. The molecule has 0 aliphatic heterocycles. The van der Waals surface area contributed by atoms with Crippen LogP contribution in [0.25, 0.3) is 0 Å². The molecule has 0 fully saturated rings. The van der Waals surface area contributed by atoms with Crippen molar-refractivity contribution in [3.63, 3.8) is 0 Å². The van der Waals surface area contributed by atoms with Crippen LogP contribution in [0, 0.1) is 0 Å². The van der Waals surface area contributed by atoms with E-state index in [2.05, 4.69) is 10.1 Å². The Kier molecular flexibility index (Phi) is 6.55. The highest BCUT2D eigenvalue weighted by molar-refractivity contribution is 5.96. The molecule has 2 rings (SSSR count). The number of benzene rings is 2. The summed E-state index contributed by atoms with van der Waals surface area (Å²) in [6, 6.07) is 6.08. The van der Waals surface area contributed by atoms with Crippen LogP contribution in [0.3, 0.4) is 0 Å². The molecule has 1 atom stereocenters. The number of methoxy groups -OCH3 is 1. The molecule has 29 heavy (non-hydrogen) atoms. The molecule has 10 heteroatoms. The molecule has 0 aliphatic rings. The molecule has 2 aromatic rings. The molecule has 0 unspecified atom stereocenters. The molecule has 0 aliphatic carbocycles. The Morgan fingerprint density at radius 3 is 1.72 bits per heavy atom. The number of carbonyl (C=O) groups is 2. The molecule has 0 saturated heterocycles. The fourth-order valence-electron chi connectivity index (χ4n) is 2.45. The van der Waals surface area contributed by atoms with Crippen molar-refractivity contribution >= 4 is 11.9 Å². The fourth-order valence-corrected chi connectivity index (χ4v) is 2.45. The molecular weight excluding hydrogens is 404 g/mol. The molecular formula is C19H15F6NO3. The second-order valence-electron chi connectivity index (χ2n) is 6.02. The Morgan fingerprint density at radius 2 is 1.31 bits per heavy atom. The Balaban J connectivity index is 2.14. The molecule has 0 heterocycles. The largest absolute Gasteiger partial charge is 0.467 e. The van der Waals surface area contributed by atoms with E-state index in [9.17, 15) is 35.9 Å². The average Bonchev–Trinajstić information content (AvgIpc) is 2.66. The van der Waals surface area contributed by atoms with Crippen LogP contribution < -0.4 is 5.32 Å². The first-order valence-electron chi connectivity index (χ1n) is 8.14. The highest BCUT2D eigenvalue weighted by Crippen LogP contribution is 2.30. The van der Waals surface area contributed by atoms with Gasteiger partial charge >= 0.3 is 18.3 Å². The second kappa shape index (κ2) is 8.54. The van der Waals surface area contributed by atoms with E-state index in [-0.39, 0.29) is 12.0 Å². The summed E-state index contributed by atoms with van der Waals surface area (Å²) < 4.78 is 80.2. The number of amides is 1. The minimum absolute atomic E-state index is 0.126. The van der Waals surface area contributed by atoms with Gasteiger partial charge in [0.15, 0.2) is 0 Å². The third-order valence-corrected chi connectivity index (χ3v) is 3.99. The Bertz CT molecular complexity index is 857. The van der Waals surface area contributed by atoms with Crippen molar-refractivity contribution in [3.05, 3.63) is 70.8 Å². The zero-order valence-electron chi connectivity index (χ0n) is 14.9. The molecule has 0 saturated carbocycles. The van der Waals surface area contributed by atoms with Gasteiger partial charge in [-0.15, -0.1) is 0 Å². The average molecular weight is 419 g/mol. The summed E-state index contributed by atoms with van der Waals surface area (Å²) >= 11 is 0. The molecule has 156 valence electrons. The maximum absolute atomic E-state index is 12.6. The van der Waals surface area contributed by atoms with E-state index in [0.717, 1.165) is 55.6 Å². The standard InChI is InChI=1S/C19H15F6NO3/c1-29-17(28)15(10-11-2-6-13(7-3-11)18(20,21)22)26-16(27)12-4-8-14(9-5-12)19(23,24)25/h2-9,15H,10H2,1H3,(H,26,27)/t15-/m0/s1. The highest BCUT2D eigenvalue weighted by atomic mass is 19.4. The number of hydrogen-bond donors (Lipinski definition) is 1. The molecule has 0 spiro atoms. The lowest BCUT2D eigenvalue weighted by Gasteiger charge is -2.17. The van der Waals surface area contributed by atoms with Gasteiger partial charge in [-0.25, -0.2) is 4.79 Å². The summed E-state index contributed by atoms with van der Waals surface area (Å²) in [5.41, 5.74) is -1.62. The fraction of sp³-hybridized carbons (Fsp3) is 0.263. The van der Waals surface area contributed by atoms with Gasteiger partial charge in [0.05, 0.1) is 18.2 Å². The first kappa shape index (κ1) is 22.3. The Morgan fingerprint density at radius 1 is 0.862 bits per heavy atom. The maximum atomic E-state index is 12.6. The van der Waals surface area contributed by atoms with Crippen molar-refractivity contribution in [1.82, 2.24) is 5.32 Å². The van der Waals surface area contributed by atoms with Crippen molar-refractivity contribution in [2.45, 2.75) is 24.8 Å². The third kappa shape index (κ3) is 5.97. The number of alkyl halides is 6. The summed E-state index contributed by atoms with van der Waals surface area (Å²) in [5, 5.41) is 2.32. The van der Waals surface area contributed by atoms with E-state index >= 15 is 0 Å². The maximum Gasteiger partial charge on any atom is 0.416 e. The summed E-state index contributed by atoms with van der Waals surface area (Å²) in [6.07, 6.45) is -9.25. The minimum Gasteiger partial charge on any atom is -0.467 e. The normalized spacial score (nSPS) is 12.9. The van der Waals surface area contributed by atoms with E-state index in [0.29, 0.717) is 5.56 Å². The number of nitrogens with one attached hydrogen (secondary N) is 1. The molecule has 0 aromatic heterocycles. The number of rotatable bonds is 5. The van der Waals surface area contributed by atoms with Gasteiger partial charge in [-0.3, -0.25) is 4.79 Å². The van der Waals surface area contributed by atoms with Gasteiger partial charge in [-0.2, -0.15) is 26.3 Å². The highest BCUT2D eigenvalue weighted by Gasteiger charge is 2.31. The van der Waals surface area contributed by atoms with Crippen LogP contribution in [0.5, 0.6) is 0 Å². The molecule has 1 amide bonds. The molecule has 4 nitrogen and oxygen atoms in total. The van der Waals surface area contributed by atoms with Gasteiger partial charge < -0.3 is 10.1 Å². The zero-order chi connectivity index (χ0) is 21.8. The molecule has 0 radical (unpaired) electrons. The number of halogens is 6. The summed E-state index contributed by atoms with van der Waals surface area (Å²) in [4.78, 5) is 24.2. The zero-order valence-corrected chi connectivity index (χ0v) is 14.9. The van der Waals surface area contributed by atoms with Crippen LogP contribution in [-0.2, 0) is 28.3 Å². The van der Waals surface area contributed by atoms with Gasteiger partial charge in [0.2, 0.25) is 0 Å². The lowest BCUT2D eigenvalue weighted by atomic mass is 10.0. The van der Waals surface area contributed by atoms with Crippen molar-refractivity contribution in [2.75, 3.05) is 7.11 Å². The SMILES string of the molecule is COC(=O)[C@H](Cc1ccc(C(F)(F)F)cc1)NC(=O)c1ccc(C(F)(F)F)cc1. The van der Waals surface area contributed by atoms with Gasteiger partial charge in [-0.05, 0) is 42.0 Å². The topological polar surface area (TPSA) is 55.4 Å². The first-order chi connectivity index (χ1) is 13.4. The van der Waals surface area contributed by atoms with Gasteiger partial charge in [0.25, 0.3) is 5.91 Å². The van der Waals surface area contributed by atoms with Crippen LogP contribution in [0.4, 0.5) is 26.3 Å². The van der Waals surface area contributed by atoms with Crippen molar-refractivity contribution in [2.24, 2.45) is 0 Å². The number of carbonyl (C=O) groups excluding carboxylic acids is 2. The lowest BCUT2D eigenvalue weighted by molar-refractivity contribution is -0.143. The van der Waals surface area contributed by atoms with Crippen LogP contribution in [0.1, 0.15) is 27.0 Å². The predicted octanol–water partition coefficient (Wildman–Crippen LogP) is 4.24. The first-order valence-corrected chi connectivity index (χ1v) is 8.14. The van der Waals surface area contributed by atoms with Crippen LogP contribution in [-0.4, -0.2) is 25.0 Å². The Hall–Kier alpha value is -3.04. The third-order valence-electron chi connectivity index (χ3n) is 3.99. The van der Waals surface area contributed by atoms with E-state index in [1.165, 1.54) is 0 Å². The van der Waals surface area contributed by atoms with Gasteiger partial charge in [0.1, 0.15) is 6.04 Å². The van der Waals surface area contributed by atoms with Crippen molar-refractivity contribution < 1.29 is 40.7 Å². The van der Waals surface area contributed by atoms with Crippen LogP contribution >= 0.6 is 0 Å². The second-order valence-corrected chi connectivity index (χ2v) is 6.02. The van der Waals surface area contributed by atoms with E-state index < -0.39 is 41.4 Å². The number of hydrogen-bond acceptors (Lipinski definition) is 3. The molecule has 2 aromatic carbocycles. The Labute approximate surface area is 161 Å². The van der Waals surface area contributed by atoms with Crippen molar-refractivity contribution in [1.29, 1.82) is 0 Å². The van der Waals surface area contributed by atoms with Gasteiger partial charge in [0, 0.05) is 12.0 Å². The quantitative estimate of drug-likeness (QED) is 0.583. The number of esters is 1. The summed E-state index contributed by atoms with van der Waals surface area (Å²) in [6.45, 7) is 0. The molecule has 0 bridgehead atoms. The van der Waals surface area contributed by atoms with Crippen molar-refractivity contribution in [3.8, 4) is 0 Å². The van der Waals surface area contributed by atoms with E-state index in [1.54, 1.807) is 0 Å². The minimum atomic E-state index is -4.56. The van der Waals surface area contributed by atoms with Gasteiger partial charge in [-0.1, -0.05) is 12.1 Å². The summed E-state index contributed by atoms with van der Waals surface area (Å²) in [5.74, 6) is -1.69. The van der Waals surface area contributed by atoms with E-state index in [1.807, 2.05) is 0 Å². The lowest BCUT2D eigenvalue weighted by Crippen LogP contribution is -2.43. The van der Waals surface area contributed by atoms with E-state index in [4.69, 9.17) is 0 Å². The van der Waals surface area contributed by atoms with Crippen LogP contribution in [0.2, 0.25) is 0 Å². The smallest absolute Gasteiger partial charge is 0.416 e.